The van der Waals surface area contributed by atoms with Crippen molar-refractivity contribution in [3.63, 3.8) is 0 Å². The first kappa shape index (κ1) is 14.8. The molecule has 20 heavy (non-hydrogen) atoms. The molecule has 1 N–H and O–H groups in total. The lowest BCUT2D eigenvalue weighted by atomic mass is 9.90. The maximum absolute atomic E-state index is 12.1. The lowest BCUT2D eigenvalue weighted by Gasteiger charge is -2.32. The van der Waals surface area contributed by atoms with Crippen LogP contribution in [0.25, 0.3) is 0 Å². The maximum Gasteiger partial charge on any atom is 0.287 e. The summed E-state index contributed by atoms with van der Waals surface area (Å²) in [6.45, 7) is 5.80. The number of carbonyl (C=O) groups excluding carboxylic acids is 1. The van der Waals surface area contributed by atoms with Crippen molar-refractivity contribution in [2.45, 2.75) is 32.7 Å². The Morgan fingerprint density at radius 1 is 1.40 bits per heavy atom. The van der Waals surface area contributed by atoms with E-state index < -0.39 is 0 Å². The van der Waals surface area contributed by atoms with Crippen molar-refractivity contribution in [1.29, 1.82) is 0 Å². The molecular formula is C15H22N2O3. The number of likely N-dealkylation sites (tertiary alicyclic amines) is 1. The highest BCUT2D eigenvalue weighted by Gasteiger charge is 2.24. The predicted molar refractivity (Wildman–Crippen MR) is 76.9 cm³/mol. The Hall–Kier alpha value is -1.62. The molecule has 2 rings (SSSR count). The number of nitrogens with zero attached hydrogens (tertiary/aromatic N) is 1. The van der Waals surface area contributed by atoms with E-state index in [0.717, 1.165) is 25.9 Å². The van der Waals surface area contributed by atoms with Crippen molar-refractivity contribution in [2.24, 2.45) is 5.92 Å². The highest BCUT2D eigenvalue weighted by atomic mass is 16.3. The van der Waals surface area contributed by atoms with Gasteiger partial charge in [-0.25, -0.2) is 0 Å². The number of hydrogen-bond donors (Lipinski definition) is 1. The van der Waals surface area contributed by atoms with Gasteiger partial charge in [0, 0.05) is 18.2 Å². The van der Waals surface area contributed by atoms with E-state index in [0.29, 0.717) is 11.7 Å². The minimum absolute atomic E-state index is 0.0852. The van der Waals surface area contributed by atoms with E-state index in [9.17, 15) is 9.59 Å². The van der Waals surface area contributed by atoms with E-state index in [4.69, 9.17) is 4.42 Å². The Morgan fingerprint density at radius 2 is 2.05 bits per heavy atom. The first-order valence-corrected chi connectivity index (χ1v) is 7.07. The van der Waals surface area contributed by atoms with Crippen LogP contribution in [-0.4, -0.2) is 37.0 Å². The summed E-state index contributed by atoms with van der Waals surface area (Å²) in [4.78, 5) is 25.8. The van der Waals surface area contributed by atoms with E-state index in [1.807, 2.05) is 6.92 Å². The third-order valence-electron chi connectivity index (χ3n) is 3.94. The Balaban J connectivity index is 1.98. The summed E-state index contributed by atoms with van der Waals surface area (Å²) >= 11 is 0. The largest absolute Gasteiger partial charge is 0.456 e. The van der Waals surface area contributed by atoms with Crippen LogP contribution >= 0.6 is 0 Å². The van der Waals surface area contributed by atoms with Crippen LogP contribution < -0.4 is 10.7 Å². The molecule has 0 spiro atoms. The molecule has 110 valence electrons. The molecule has 1 fully saturated rings. The molecular weight excluding hydrogens is 256 g/mol. The van der Waals surface area contributed by atoms with Crippen molar-refractivity contribution >= 4 is 5.91 Å². The van der Waals surface area contributed by atoms with Gasteiger partial charge in [0.15, 0.2) is 11.2 Å². The monoisotopic (exact) mass is 278 g/mol. The summed E-state index contributed by atoms with van der Waals surface area (Å²) in [6.07, 6.45) is 2.16. The molecule has 0 bridgehead atoms. The van der Waals surface area contributed by atoms with E-state index in [1.165, 1.54) is 12.1 Å². The van der Waals surface area contributed by atoms with Crippen molar-refractivity contribution in [1.82, 2.24) is 10.2 Å². The highest BCUT2D eigenvalue weighted by molar-refractivity contribution is 5.91. The van der Waals surface area contributed by atoms with E-state index >= 15 is 0 Å². The van der Waals surface area contributed by atoms with E-state index in [-0.39, 0.29) is 23.1 Å². The molecule has 0 aliphatic carbocycles. The summed E-state index contributed by atoms with van der Waals surface area (Å²) < 4.78 is 5.30. The summed E-state index contributed by atoms with van der Waals surface area (Å²) in [6, 6.07) is 2.70. The number of aryl methyl sites for hydroxylation is 1. The van der Waals surface area contributed by atoms with Crippen LogP contribution in [0.3, 0.4) is 0 Å². The lowest BCUT2D eigenvalue weighted by Crippen LogP contribution is -2.43. The van der Waals surface area contributed by atoms with Gasteiger partial charge in [-0.1, -0.05) is 0 Å². The summed E-state index contributed by atoms with van der Waals surface area (Å²) in [7, 11) is 2.11. The molecule has 1 amide bonds. The zero-order chi connectivity index (χ0) is 14.7. The van der Waals surface area contributed by atoms with Gasteiger partial charge in [-0.3, -0.25) is 9.59 Å². The highest BCUT2D eigenvalue weighted by Crippen LogP contribution is 2.19. The second-order valence-electron chi connectivity index (χ2n) is 5.67. The maximum atomic E-state index is 12.1. The van der Waals surface area contributed by atoms with Crippen LogP contribution in [0.4, 0.5) is 0 Å². The third kappa shape index (κ3) is 3.70. The summed E-state index contributed by atoms with van der Waals surface area (Å²) in [5, 5.41) is 2.95. The fraction of sp³-hybridized carbons (Fsp3) is 0.600. The van der Waals surface area contributed by atoms with Crippen molar-refractivity contribution in [3.8, 4) is 0 Å². The standard InChI is InChI=1S/C15H22N2O3/c1-10-8-13(18)9-14(20-10)15(19)16-11(2)12-4-6-17(3)7-5-12/h8-9,11-12H,4-7H2,1-3H3,(H,16,19)/t11-/m0/s1. The Kier molecular flexibility index (Phi) is 4.60. The minimum Gasteiger partial charge on any atom is -0.456 e. The molecule has 5 nitrogen and oxygen atoms in total. The zero-order valence-electron chi connectivity index (χ0n) is 12.3. The SMILES string of the molecule is Cc1cc(=O)cc(C(=O)N[C@@H](C)C2CCN(C)CC2)o1. The molecule has 1 aliphatic heterocycles. The van der Waals surface area contributed by atoms with Crippen LogP contribution in [0, 0.1) is 12.8 Å². The van der Waals surface area contributed by atoms with Gasteiger partial charge in [-0.2, -0.15) is 0 Å². The van der Waals surface area contributed by atoms with Crippen molar-refractivity contribution in [3.05, 3.63) is 33.9 Å². The molecule has 1 aliphatic rings. The number of carbonyl (C=O) groups is 1. The molecule has 1 atom stereocenters. The van der Waals surface area contributed by atoms with Gasteiger partial charge in [-0.05, 0) is 52.7 Å². The van der Waals surface area contributed by atoms with Gasteiger partial charge in [0.2, 0.25) is 0 Å². The summed E-state index contributed by atoms with van der Waals surface area (Å²) in [5.74, 6) is 0.716. The second-order valence-corrected chi connectivity index (χ2v) is 5.67. The van der Waals surface area contributed by atoms with Crippen LogP contribution in [0.1, 0.15) is 36.1 Å². The van der Waals surface area contributed by atoms with Gasteiger partial charge >= 0.3 is 0 Å². The van der Waals surface area contributed by atoms with Gasteiger partial charge in [0.1, 0.15) is 5.76 Å². The summed E-state index contributed by atoms with van der Waals surface area (Å²) in [5.41, 5.74) is -0.203. The lowest BCUT2D eigenvalue weighted by molar-refractivity contribution is 0.0877. The van der Waals surface area contributed by atoms with Crippen LogP contribution in [0.5, 0.6) is 0 Å². The molecule has 0 aromatic carbocycles. The Morgan fingerprint density at radius 3 is 2.65 bits per heavy atom. The Bertz CT molecular complexity index is 530. The predicted octanol–water partition coefficient (Wildman–Crippen LogP) is 1.41. The van der Waals surface area contributed by atoms with Crippen LogP contribution in [0.15, 0.2) is 21.3 Å². The molecule has 1 saturated heterocycles. The first-order chi connectivity index (χ1) is 9.45. The van der Waals surface area contributed by atoms with Crippen LogP contribution in [-0.2, 0) is 0 Å². The normalized spacial score (nSPS) is 18.8. The zero-order valence-corrected chi connectivity index (χ0v) is 12.3. The molecule has 1 aromatic rings. The minimum atomic E-state index is -0.308. The number of amides is 1. The van der Waals surface area contributed by atoms with E-state index in [2.05, 4.69) is 17.3 Å². The van der Waals surface area contributed by atoms with Crippen LogP contribution in [0.2, 0.25) is 0 Å². The number of hydrogen-bond acceptors (Lipinski definition) is 4. The molecule has 2 heterocycles. The fourth-order valence-electron chi connectivity index (χ4n) is 2.64. The first-order valence-electron chi connectivity index (χ1n) is 7.07. The molecule has 0 unspecified atom stereocenters. The number of nitrogens with one attached hydrogen (secondary N) is 1. The smallest absolute Gasteiger partial charge is 0.287 e. The Labute approximate surface area is 119 Å². The fourth-order valence-corrected chi connectivity index (χ4v) is 2.64. The van der Waals surface area contributed by atoms with Crippen molar-refractivity contribution < 1.29 is 9.21 Å². The van der Waals surface area contributed by atoms with Gasteiger partial charge in [0.05, 0.1) is 0 Å². The topological polar surface area (TPSA) is 62.6 Å². The number of rotatable bonds is 3. The second kappa shape index (κ2) is 6.22. The van der Waals surface area contributed by atoms with Crippen molar-refractivity contribution in [2.75, 3.05) is 20.1 Å². The van der Waals surface area contributed by atoms with E-state index in [1.54, 1.807) is 6.92 Å². The average Bonchev–Trinajstić information content (AvgIpc) is 2.38. The molecule has 5 heteroatoms. The number of piperidine rings is 1. The van der Waals surface area contributed by atoms with Gasteiger partial charge < -0.3 is 14.6 Å². The molecule has 1 aromatic heterocycles. The van der Waals surface area contributed by atoms with Gasteiger partial charge in [0.25, 0.3) is 5.91 Å². The van der Waals surface area contributed by atoms with Gasteiger partial charge in [-0.15, -0.1) is 0 Å². The molecule has 0 saturated carbocycles. The average molecular weight is 278 g/mol. The third-order valence-corrected chi connectivity index (χ3v) is 3.94. The quantitative estimate of drug-likeness (QED) is 0.908. The molecule has 0 radical (unpaired) electrons.